The molecule has 20 heteroatoms. The first-order chi connectivity index (χ1) is 42.6. The van der Waals surface area contributed by atoms with E-state index in [1.54, 1.807) is 59.7 Å². The maximum Gasteiger partial charge on any atom is 0.392 e. The zero-order valence-electron chi connectivity index (χ0n) is 54.7. The first kappa shape index (κ1) is 72.2. The predicted octanol–water partition coefficient (Wildman–Crippen LogP) is 9.08. The maximum atomic E-state index is 14.1. The third-order valence-electron chi connectivity index (χ3n) is 18.6. The number of hydrogen-bond acceptors (Lipinski definition) is 19. The molecule has 0 aliphatic carbocycles. The summed E-state index contributed by atoms with van der Waals surface area (Å²) < 4.78 is 41.9. The van der Waals surface area contributed by atoms with Gasteiger partial charge in [-0.25, -0.2) is 0 Å². The highest BCUT2D eigenvalue weighted by molar-refractivity contribution is 6.31. The number of benzene rings is 4. The van der Waals surface area contributed by atoms with E-state index in [-0.39, 0.29) is 37.5 Å². The second kappa shape index (κ2) is 32.1. The Morgan fingerprint density at radius 3 is 1.97 bits per heavy atom. The second-order valence-electron chi connectivity index (χ2n) is 26.0. The summed E-state index contributed by atoms with van der Waals surface area (Å²) in [6.45, 7) is 21.7. The summed E-state index contributed by atoms with van der Waals surface area (Å²) in [7, 11) is 5.18. The van der Waals surface area contributed by atoms with Crippen molar-refractivity contribution in [2.75, 3.05) is 53.9 Å². The molecule has 0 bridgehead atoms. The van der Waals surface area contributed by atoms with Gasteiger partial charge in [0.1, 0.15) is 35.2 Å². The van der Waals surface area contributed by atoms with Crippen LogP contribution in [0.2, 0.25) is 5.02 Å². The molecule has 4 saturated heterocycles. The Labute approximate surface area is 536 Å². The van der Waals surface area contributed by atoms with Gasteiger partial charge in [0.15, 0.2) is 18.2 Å². The number of fused-ring (bicyclic) bond motifs is 1. The zero-order chi connectivity index (χ0) is 65.8. The number of ketones is 1. The fraction of sp³-hybridized carbons (Fsp3) is 0.586. The molecule has 6 N–H and O–H groups in total. The number of aromatic hydroxyl groups is 1. The van der Waals surface area contributed by atoms with E-state index in [1.165, 1.54) is 44.6 Å². The Bertz CT molecular complexity index is 3000. The van der Waals surface area contributed by atoms with Crippen LogP contribution in [0.4, 0.5) is 0 Å². The summed E-state index contributed by atoms with van der Waals surface area (Å²) in [6.07, 6.45) is -5.53. The van der Waals surface area contributed by atoms with Crippen LogP contribution in [-0.2, 0) is 38.0 Å². The van der Waals surface area contributed by atoms with Gasteiger partial charge in [0.25, 0.3) is 0 Å². The number of piperazine rings is 1. The van der Waals surface area contributed by atoms with E-state index in [0.29, 0.717) is 28.6 Å². The molecule has 4 aliphatic heterocycles. The second-order valence-corrected chi connectivity index (χ2v) is 26.4. The van der Waals surface area contributed by atoms with Crippen LogP contribution < -0.4 is 0 Å². The molecule has 18 atom stereocenters. The summed E-state index contributed by atoms with van der Waals surface area (Å²) in [4.78, 5) is 38.6. The van der Waals surface area contributed by atoms with Gasteiger partial charge in [0.05, 0.1) is 53.7 Å². The van der Waals surface area contributed by atoms with Gasteiger partial charge in [-0.2, -0.15) is 4.98 Å². The zero-order valence-corrected chi connectivity index (χ0v) is 55.4. The fourth-order valence-corrected chi connectivity index (χ4v) is 13.5. The minimum Gasteiger partial charge on any atom is -0.466 e. The smallest absolute Gasteiger partial charge is 0.392 e. The van der Waals surface area contributed by atoms with E-state index in [9.17, 15) is 35.1 Å². The number of likely N-dealkylation sites (N-methyl/N-ethyl adjacent to an activating group) is 1. The fourth-order valence-electron chi connectivity index (χ4n) is 13.3. The van der Waals surface area contributed by atoms with Crippen molar-refractivity contribution in [2.24, 2.45) is 23.7 Å². The van der Waals surface area contributed by atoms with Crippen LogP contribution in [0.15, 0.2) is 120 Å². The summed E-state index contributed by atoms with van der Waals surface area (Å²) in [5.74, 6) is -4.98. The average Bonchev–Trinajstić information content (AvgIpc) is 1.30. The van der Waals surface area contributed by atoms with Crippen LogP contribution in [0.3, 0.4) is 0 Å². The lowest BCUT2D eigenvalue weighted by molar-refractivity contribution is -0.318. The Kier molecular flexibility index (Phi) is 25.8. The number of aromatic nitrogens is 1. The number of aliphatic hydroxyl groups is 5. The number of aliphatic hydroxyl groups excluding tert-OH is 3. The molecule has 5 aromatic rings. The van der Waals surface area contributed by atoms with Gasteiger partial charge in [0.2, 0.25) is 0 Å². The third-order valence-corrected chi connectivity index (χ3v) is 18.9. The molecule has 0 spiro atoms. The lowest BCUT2D eigenvalue weighted by Gasteiger charge is -2.49. The quantitative estimate of drug-likeness (QED) is 0.0602. The number of rotatable bonds is 13. The highest BCUT2D eigenvalue weighted by Gasteiger charge is 2.54. The Balaban J connectivity index is 0.000000241. The van der Waals surface area contributed by atoms with Gasteiger partial charge in [-0.3, -0.25) is 19.4 Å². The molecule has 4 fully saturated rings. The van der Waals surface area contributed by atoms with Gasteiger partial charge >= 0.3 is 12.0 Å². The summed E-state index contributed by atoms with van der Waals surface area (Å²) in [5.41, 5.74) is 0.294. The highest BCUT2D eigenvalue weighted by Crippen LogP contribution is 2.41. The highest BCUT2D eigenvalue weighted by atomic mass is 35.5. The monoisotopic (exact) mass is 1270 g/mol. The number of hydrogen-bond donors (Lipinski definition) is 6. The van der Waals surface area contributed by atoms with Gasteiger partial charge in [0, 0.05) is 75.1 Å². The third kappa shape index (κ3) is 18.1. The van der Waals surface area contributed by atoms with E-state index in [4.69, 9.17) is 49.5 Å². The molecule has 9 rings (SSSR count). The van der Waals surface area contributed by atoms with Gasteiger partial charge in [-0.05, 0) is 110 Å². The molecule has 0 amide bonds. The lowest BCUT2D eigenvalue weighted by atomic mass is 9.74. The van der Waals surface area contributed by atoms with Crippen LogP contribution in [-0.4, -0.2) is 200 Å². The number of ether oxygens (including phenoxy) is 6. The van der Waals surface area contributed by atoms with Gasteiger partial charge < -0.3 is 68.4 Å². The predicted molar refractivity (Wildman–Crippen MR) is 345 cm³/mol. The van der Waals surface area contributed by atoms with E-state index >= 15 is 0 Å². The van der Waals surface area contributed by atoms with Crippen LogP contribution in [0.1, 0.15) is 118 Å². The van der Waals surface area contributed by atoms with Crippen molar-refractivity contribution >= 4 is 40.5 Å². The molecule has 4 aromatic carbocycles. The molecular weight excluding hydrogens is 1170 g/mol. The summed E-state index contributed by atoms with van der Waals surface area (Å²) in [6, 6.07) is 37.3. The van der Waals surface area contributed by atoms with Crippen LogP contribution in [0.25, 0.3) is 17.2 Å². The number of carbonyl (C=O) groups is 2. The topological polar surface area (TPSA) is 247 Å². The summed E-state index contributed by atoms with van der Waals surface area (Å²) >= 11 is 5.66. The molecular formula is C70H99ClN4O15. The minimum absolute atomic E-state index is 0.0936. The Hall–Kier alpha value is -5.20. The van der Waals surface area contributed by atoms with E-state index in [2.05, 4.69) is 118 Å². The number of nitrogens with zero attached hydrogens (tertiary/aromatic N) is 4. The molecule has 19 nitrogen and oxygen atoms in total. The van der Waals surface area contributed by atoms with E-state index in [1.807, 2.05) is 25.9 Å². The van der Waals surface area contributed by atoms with Gasteiger partial charge in [-0.15, -0.1) is 0 Å². The molecule has 5 heterocycles. The number of oxazole rings is 1. The lowest BCUT2D eigenvalue weighted by Crippen LogP contribution is -2.61. The number of carbonyl (C=O) groups excluding carboxylic acids is 2. The van der Waals surface area contributed by atoms with Crippen molar-refractivity contribution in [3.05, 3.63) is 137 Å². The molecule has 0 saturated carbocycles. The van der Waals surface area contributed by atoms with Crippen molar-refractivity contribution in [3.63, 3.8) is 0 Å². The maximum absolute atomic E-state index is 14.1. The number of halogens is 1. The Morgan fingerprint density at radius 2 is 1.39 bits per heavy atom. The number of Topliss-reactive ketones (excluding diaryl/α,β-unsaturated/α-hetero) is 1. The van der Waals surface area contributed by atoms with Crippen molar-refractivity contribution in [1.82, 2.24) is 19.7 Å². The molecule has 496 valence electrons. The van der Waals surface area contributed by atoms with Crippen molar-refractivity contribution in [2.45, 2.75) is 185 Å². The average molecular weight is 1270 g/mol. The SMILES string of the molecule is C(=C\c1ccccc1)/CN1CCN(C(c2ccccc2)c2ccccc2)CC1.CC[C@H]1OC(=O)[C@H](C)[C@@H](O[C@H]2C[C@@](C)(OC)[C@@H](O)[C@H](C)O2)[C@H](C)[C@@H](O[C@@H]2O[C@H](C)C[C@H](N(C)C)[C@H]2O)[C@](C)(O)C[C@@H](C)C(=O)[C@H](C)[C@@H](O)[C@]1(C)O.Oc1nc2cc(Cl)ccc2o1. The van der Waals surface area contributed by atoms with E-state index < -0.39 is 108 Å². The number of methoxy groups -OCH3 is 1. The van der Waals surface area contributed by atoms with Crippen molar-refractivity contribution in [1.29, 1.82) is 0 Å². The first-order valence-corrected chi connectivity index (χ1v) is 32.1. The summed E-state index contributed by atoms with van der Waals surface area (Å²) in [5, 5.41) is 67.0. The van der Waals surface area contributed by atoms with Crippen molar-refractivity contribution < 1.29 is 73.1 Å². The Morgan fingerprint density at radius 1 is 0.789 bits per heavy atom. The molecule has 1 aromatic heterocycles. The van der Waals surface area contributed by atoms with E-state index in [0.717, 1.165) is 32.7 Å². The molecule has 4 aliphatic rings. The van der Waals surface area contributed by atoms with Crippen LogP contribution in [0.5, 0.6) is 6.08 Å². The molecule has 90 heavy (non-hydrogen) atoms. The molecule has 0 unspecified atom stereocenters. The van der Waals surface area contributed by atoms with Crippen LogP contribution in [0, 0.1) is 23.7 Å². The number of esters is 1. The largest absolute Gasteiger partial charge is 0.466 e. The van der Waals surface area contributed by atoms with Crippen molar-refractivity contribution in [3.8, 4) is 6.08 Å². The normalized spacial score (nSPS) is 34.5. The minimum atomic E-state index is -1.99. The molecule has 0 radical (unpaired) electrons. The standard InChI is InChI=1S/C37H67NO13.C26H28N2.C7H4ClNO2/c1-14-25-37(10,45)30(41)20(4)27(39)18(2)16-35(8,44)32(51-34-28(40)24(38(11)12)15-19(3)47-34)21(5)29(22(6)33(43)49-25)50-26-17-36(9,46-13)31(42)23(7)48-26;1-4-11-23(12-5-1)13-10-18-27-19-21-28(22-20-27)26(24-14-6-2-7-15-24)25-16-8-3-9-17-25;8-4-1-2-6-5(3-4)9-7(10)11-6/h18-26,28-32,34,40-42,44-45H,14-17H2,1-13H3;1-17,26H,18-22H2;1-3H,(H,9,10)/b;13-10+;/t18-,19-,20+,21+,22-,23+,24+,25-,26+,28-,29+,30-,31+,32-,34+,35-,36-,37-;;/m1../s1. The number of cyclic esters (lactones) is 1. The first-order valence-electron chi connectivity index (χ1n) is 31.7. The van der Waals surface area contributed by atoms with Gasteiger partial charge in [-0.1, -0.05) is 142 Å². The van der Waals surface area contributed by atoms with Crippen LogP contribution >= 0.6 is 11.6 Å².